The van der Waals surface area contributed by atoms with E-state index in [1.807, 2.05) is 0 Å². The standard InChI is InChI=1S/C10H18FNO/c11-10(7-12-8-10)5-1-3-9-4-2-6-13-9/h9,12H,1-8H2. The highest BCUT2D eigenvalue weighted by Gasteiger charge is 2.36. The van der Waals surface area contributed by atoms with E-state index < -0.39 is 5.67 Å². The number of hydrogen-bond donors (Lipinski definition) is 1. The molecule has 0 aromatic rings. The van der Waals surface area contributed by atoms with Crippen LogP contribution in [0.2, 0.25) is 0 Å². The summed E-state index contributed by atoms with van der Waals surface area (Å²) in [6.45, 7) is 2.02. The van der Waals surface area contributed by atoms with Gasteiger partial charge in [-0.05, 0) is 32.1 Å². The second kappa shape index (κ2) is 3.93. The largest absolute Gasteiger partial charge is 0.378 e. The molecule has 1 unspecified atom stereocenters. The van der Waals surface area contributed by atoms with Gasteiger partial charge in [-0.3, -0.25) is 0 Å². The van der Waals surface area contributed by atoms with Gasteiger partial charge in [0.2, 0.25) is 0 Å². The third-order valence-electron chi connectivity index (χ3n) is 3.06. The van der Waals surface area contributed by atoms with Crippen molar-refractivity contribution >= 4 is 0 Å². The molecule has 0 aliphatic carbocycles. The summed E-state index contributed by atoms with van der Waals surface area (Å²) < 4.78 is 19.0. The van der Waals surface area contributed by atoms with Gasteiger partial charge < -0.3 is 10.1 Å². The number of alkyl halides is 1. The fraction of sp³-hybridized carbons (Fsp3) is 1.00. The Morgan fingerprint density at radius 2 is 2.31 bits per heavy atom. The summed E-state index contributed by atoms with van der Waals surface area (Å²) in [5, 5.41) is 2.97. The van der Waals surface area contributed by atoms with Gasteiger partial charge in [-0.15, -0.1) is 0 Å². The molecule has 2 fully saturated rings. The SMILES string of the molecule is FC1(CCCC2CCCO2)CNC1. The predicted molar refractivity (Wildman–Crippen MR) is 49.5 cm³/mol. The van der Waals surface area contributed by atoms with E-state index in [1.165, 1.54) is 12.8 Å². The van der Waals surface area contributed by atoms with Crippen LogP contribution in [0.1, 0.15) is 32.1 Å². The van der Waals surface area contributed by atoms with Gasteiger partial charge in [0.25, 0.3) is 0 Å². The fourth-order valence-corrected chi connectivity index (χ4v) is 2.09. The van der Waals surface area contributed by atoms with E-state index in [0.29, 0.717) is 25.6 Å². The first-order chi connectivity index (χ1) is 6.29. The molecule has 2 saturated heterocycles. The van der Waals surface area contributed by atoms with Crippen molar-refractivity contribution in [3.05, 3.63) is 0 Å². The zero-order valence-corrected chi connectivity index (χ0v) is 8.02. The molecule has 0 saturated carbocycles. The Morgan fingerprint density at radius 3 is 2.85 bits per heavy atom. The number of halogens is 1. The molecule has 2 nitrogen and oxygen atoms in total. The molecule has 1 N–H and O–H groups in total. The van der Waals surface area contributed by atoms with E-state index in [-0.39, 0.29) is 0 Å². The van der Waals surface area contributed by atoms with Crippen molar-refractivity contribution < 1.29 is 9.13 Å². The summed E-state index contributed by atoms with van der Waals surface area (Å²) in [7, 11) is 0. The summed E-state index contributed by atoms with van der Waals surface area (Å²) in [5.41, 5.74) is -0.890. The lowest BCUT2D eigenvalue weighted by molar-refractivity contribution is 0.0628. The van der Waals surface area contributed by atoms with E-state index >= 15 is 0 Å². The van der Waals surface area contributed by atoms with Gasteiger partial charge in [-0.2, -0.15) is 0 Å². The number of rotatable bonds is 4. The summed E-state index contributed by atoms with van der Waals surface area (Å²) in [5.74, 6) is 0. The van der Waals surface area contributed by atoms with Crippen LogP contribution < -0.4 is 5.32 Å². The average molecular weight is 187 g/mol. The summed E-state index contributed by atoms with van der Waals surface area (Å²) in [4.78, 5) is 0. The monoisotopic (exact) mass is 187 g/mol. The lowest BCUT2D eigenvalue weighted by Gasteiger charge is -2.35. The summed E-state index contributed by atoms with van der Waals surface area (Å²) in [6.07, 6.45) is 5.52. The normalized spacial score (nSPS) is 31.6. The maximum atomic E-state index is 13.5. The van der Waals surface area contributed by atoms with Crippen molar-refractivity contribution in [2.45, 2.75) is 43.9 Å². The topological polar surface area (TPSA) is 21.3 Å². The van der Waals surface area contributed by atoms with Crippen LogP contribution >= 0.6 is 0 Å². The van der Waals surface area contributed by atoms with Crippen LogP contribution in [0, 0.1) is 0 Å². The van der Waals surface area contributed by atoms with E-state index in [2.05, 4.69) is 5.32 Å². The van der Waals surface area contributed by atoms with E-state index in [1.54, 1.807) is 0 Å². The Labute approximate surface area is 78.8 Å². The molecule has 0 spiro atoms. The van der Waals surface area contributed by atoms with E-state index in [0.717, 1.165) is 19.4 Å². The molecule has 1 atom stereocenters. The average Bonchev–Trinajstić information content (AvgIpc) is 2.54. The first kappa shape index (κ1) is 9.41. The highest BCUT2D eigenvalue weighted by molar-refractivity contribution is 4.92. The quantitative estimate of drug-likeness (QED) is 0.722. The van der Waals surface area contributed by atoms with E-state index in [9.17, 15) is 4.39 Å². The van der Waals surface area contributed by atoms with Gasteiger partial charge in [0, 0.05) is 19.7 Å². The first-order valence-electron chi connectivity index (χ1n) is 5.30. The highest BCUT2D eigenvalue weighted by Crippen LogP contribution is 2.26. The van der Waals surface area contributed by atoms with Crippen molar-refractivity contribution in [3.63, 3.8) is 0 Å². The second-order valence-corrected chi connectivity index (χ2v) is 4.28. The zero-order chi connectivity index (χ0) is 9.15. The lowest BCUT2D eigenvalue weighted by Crippen LogP contribution is -2.56. The van der Waals surface area contributed by atoms with Crippen LogP contribution in [0.3, 0.4) is 0 Å². The molecule has 13 heavy (non-hydrogen) atoms. The number of ether oxygens (including phenoxy) is 1. The Hall–Kier alpha value is -0.150. The maximum absolute atomic E-state index is 13.5. The van der Waals surface area contributed by atoms with Crippen molar-refractivity contribution in [1.29, 1.82) is 0 Å². The van der Waals surface area contributed by atoms with Crippen LogP contribution in [0.5, 0.6) is 0 Å². The Kier molecular flexibility index (Phi) is 2.84. The molecular formula is C10H18FNO. The van der Waals surface area contributed by atoms with Crippen LogP contribution in [-0.2, 0) is 4.74 Å². The maximum Gasteiger partial charge on any atom is 0.135 e. The lowest BCUT2D eigenvalue weighted by atomic mass is 9.92. The molecule has 0 aromatic carbocycles. The smallest absolute Gasteiger partial charge is 0.135 e. The van der Waals surface area contributed by atoms with Crippen molar-refractivity contribution in [3.8, 4) is 0 Å². The first-order valence-corrected chi connectivity index (χ1v) is 5.30. The van der Waals surface area contributed by atoms with E-state index in [4.69, 9.17) is 4.74 Å². The van der Waals surface area contributed by atoms with Crippen molar-refractivity contribution in [1.82, 2.24) is 5.32 Å². The van der Waals surface area contributed by atoms with Crippen molar-refractivity contribution in [2.75, 3.05) is 19.7 Å². The zero-order valence-electron chi connectivity index (χ0n) is 8.02. The molecule has 0 radical (unpaired) electrons. The third-order valence-corrected chi connectivity index (χ3v) is 3.06. The van der Waals surface area contributed by atoms with Gasteiger partial charge in [0.1, 0.15) is 5.67 Å². The highest BCUT2D eigenvalue weighted by atomic mass is 19.1. The molecule has 0 amide bonds. The molecule has 2 aliphatic heterocycles. The second-order valence-electron chi connectivity index (χ2n) is 4.28. The van der Waals surface area contributed by atoms with Crippen LogP contribution in [0.25, 0.3) is 0 Å². The molecular weight excluding hydrogens is 169 g/mol. The Bertz CT molecular complexity index is 164. The third kappa shape index (κ3) is 2.41. The molecule has 0 bridgehead atoms. The van der Waals surface area contributed by atoms with Crippen LogP contribution in [0.15, 0.2) is 0 Å². The number of nitrogens with one attached hydrogen (secondary N) is 1. The van der Waals surface area contributed by atoms with Crippen molar-refractivity contribution in [2.24, 2.45) is 0 Å². The molecule has 3 heteroatoms. The minimum Gasteiger partial charge on any atom is -0.378 e. The molecule has 2 heterocycles. The van der Waals surface area contributed by atoms with Gasteiger partial charge in [-0.25, -0.2) is 4.39 Å². The Balaban J connectivity index is 1.57. The minimum absolute atomic E-state index is 0.427. The molecule has 0 aromatic heterocycles. The minimum atomic E-state index is -0.890. The van der Waals surface area contributed by atoms with Crippen LogP contribution in [0.4, 0.5) is 4.39 Å². The molecule has 2 aliphatic rings. The fourth-order valence-electron chi connectivity index (χ4n) is 2.09. The van der Waals surface area contributed by atoms with Gasteiger partial charge in [0.05, 0.1) is 6.10 Å². The summed E-state index contributed by atoms with van der Waals surface area (Å²) >= 11 is 0. The summed E-state index contributed by atoms with van der Waals surface area (Å²) in [6, 6.07) is 0. The molecule has 76 valence electrons. The van der Waals surface area contributed by atoms with Gasteiger partial charge in [-0.1, -0.05) is 0 Å². The van der Waals surface area contributed by atoms with Crippen LogP contribution in [-0.4, -0.2) is 31.5 Å². The van der Waals surface area contributed by atoms with Gasteiger partial charge in [0.15, 0.2) is 0 Å². The van der Waals surface area contributed by atoms with Gasteiger partial charge >= 0.3 is 0 Å². The molecule has 2 rings (SSSR count). The Morgan fingerprint density at radius 1 is 1.46 bits per heavy atom. The predicted octanol–water partition coefficient (Wildman–Crippen LogP) is 1.65. The number of hydrogen-bond acceptors (Lipinski definition) is 2.